The van der Waals surface area contributed by atoms with Gasteiger partial charge in [0.2, 0.25) is 0 Å². The van der Waals surface area contributed by atoms with Crippen molar-refractivity contribution >= 4 is 33.7 Å². The zero-order valence-corrected chi connectivity index (χ0v) is 27.4. The van der Waals surface area contributed by atoms with Crippen LogP contribution in [0.4, 0.5) is 0 Å². The van der Waals surface area contributed by atoms with Gasteiger partial charge in [-0.05, 0) is 0 Å². The van der Waals surface area contributed by atoms with Crippen LogP contribution in [0.2, 0.25) is 8.26 Å². The smallest absolute Gasteiger partial charge is 1.00 e. The Morgan fingerprint density at radius 1 is 0.590 bits per heavy atom. The van der Waals surface area contributed by atoms with Crippen LogP contribution in [-0.2, 0) is 20.3 Å². The predicted molar refractivity (Wildman–Crippen MR) is 158 cm³/mol. The van der Waals surface area contributed by atoms with Crippen molar-refractivity contribution in [2.75, 3.05) is 0 Å². The van der Waals surface area contributed by atoms with E-state index in [2.05, 4.69) is 113 Å². The molecule has 0 spiro atoms. The Morgan fingerprint density at radius 3 is 1.38 bits per heavy atom. The summed E-state index contributed by atoms with van der Waals surface area (Å²) >= 11 is -2.66. The molecule has 0 saturated carbocycles. The molecule has 2 unspecified atom stereocenters. The second-order valence-electron chi connectivity index (χ2n) is 12.8. The van der Waals surface area contributed by atoms with Gasteiger partial charge in [0.15, 0.2) is 0 Å². The first-order valence-electron chi connectivity index (χ1n) is 14.4. The molecule has 0 nitrogen and oxygen atoms in total. The standard InChI is InChI=1S/2C17H17.C2H4.2ClH.Zr/c2*1-12(2)9-13-10-15-8-7-14-5-3-4-6-16(14)17(15)11-13;1-2;;;/h2*3-8,10-12H,9H2,1-2H3;1-2H2;2*1H;/q;;;;;+2/p-2. The van der Waals surface area contributed by atoms with Gasteiger partial charge in [0.1, 0.15) is 0 Å². The Morgan fingerprint density at radius 2 is 1.00 bits per heavy atom. The van der Waals surface area contributed by atoms with E-state index in [0.717, 1.165) is 7.25 Å². The molecule has 0 bridgehead atoms. The molecule has 39 heavy (non-hydrogen) atoms. The number of benzene rings is 4. The fourth-order valence-corrected chi connectivity index (χ4v) is 25.4. The Bertz CT molecular complexity index is 1490. The second kappa shape index (κ2) is 11.0. The third kappa shape index (κ3) is 4.72. The maximum absolute atomic E-state index is 2.66. The number of hydrogen-bond acceptors (Lipinski definition) is 0. The number of halogens is 2. The average Bonchev–Trinajstić information content (AvgIpc) is 3.43. The van der Waals surface area contributed by atoms with Crippen molar-refractivity contribution in [2.45, 2.75) is 56.0 Å². The Labute approximate surface area is 251 Å². The molecule has 0 radical (unpaired) electrons. The first-order chi connectivity index (χ1) is 18.0. The molecule has 1 fully saturated rings. The van der Waals surface area contributed by atoms with Crippen LogP contribution >= 0.6 is 0 Å². The summed E-state index contributed by atoms with van der Waals surface area (Å²) in [5.74, 6) is 1.39. The van der Waals surface area contributed by atoms with Crippen LogP contribution in [-0.4, -0.2) is 0 Å². The first-order valence-corrected chi connectivity index (χ1v) is 20.7. The molecule has 4 aromatic carbocycles. The van der Waals surface area contributed by atoms with Crippen molar-refractivity contribution in [3.05, 3.63) is 106 Å². The van der Waals surface area contributed by atoms with Gasteiger partial charge < -0.3 is 24.8 Å². The van der Waals surface area contributed by atoms with Crippen molar-refractivity contribution in [1.82, 2.24) is 0 Å². The fraction of sp³-hybridized carbons (Fsp3) is 0.333. The zero-order valence-electron chi connectivity index (χ0n) is 23.5. The van der Waals surface area contributed by atoms with Crippen molar-refractivity contribution in [2.24, 2.45) is 11.8 Å². The summed E-state index contributed by atoms with van der Waals surface area (Å²) in [6, 6.07) is 28.0. The zero-order chi connectivity index (χ0) is 25.3. The number of allylic oxidation sites excluding steroid dienone is 2. The third-order valence-corrected chi connectivity index (χ3v) is 22.4. The Hall–Kier alpha value is -1.66. The molecule has 1 heterocycles. The maximum Gasteiger partial charge on any atom is -1.00 e. The molecule has 3 aliphatic rings. The van der Waals surface area contributed by atoms with Crippen molar-refractivity contribution in [1.29, 1.82) is 0 Å². The molecule has 1 saturated heterocycles. The van der Waals surface area contributed by atoms with E-state index in [9.17, 15) is 0 Å². The molecular formula is C36H38Cl2Zr. The van der Waals surface area contributed by atoms with Gasteiger partial charge in [-0.2, -0.15) is 0 Å². The molecule has 4 aromatic rings. The van der Waals surface area contributed by atoms with Crippen LogP contribution in [0.5, 0.6) is 0 Å². The van der Waals surface area contributed by atoms with E-state index in [1.165, 1.54) is 42.6 Å². The molecule has 7 rings (SSSR count). The van der Waals surface area contributed by atoms with E-state index in [4.69, 9.17) is 0 Å². The maximum atomic E-state index is 2.65. The van der Waals surface area contributed by atoms with Crippen LogP contribution in [0, 0.1) is 11.8 Å². The van der Waals surface area contributed by atoms with Crippen molar-refractivity contribution in [3.8, 4) is 0 Å². The quantitative estimate of drug-likeness (QED) is 0.290. The van der Waals surface area contributed by atoms with Gasteiger partial charge in [0, 0.05) is 0 Å². The summed E-state index contributed by atoms with van der Waals surface area (Å²) in [5.41, 5.74) is 10.0. The summed E-state index contributed by atoms with van der Waals surface area (Å²) in [4.78, 5) is 0. The minimum absolute atomic E-state index is 0. The number of hydrogen-bond donors (Lipinski definition) is 0. The van der Waals surface area contributed by atoms with Crippen molar-refractivity contribution in [3.63, 3.8) is 0 Å². The molecule has 0 amide bonds. The van der Waals surface area contributed by atoms with Gasteiger partial charge in [0.05, 0.1) is 0 Å². The van der Waals surface area contributed by atoms with E-state index >= 15 is 0 Å². The van der Waals surface area contributed by atoms with Gasteiger partial charge in [-0.1, -0.05) is 0 Å². The molecule has 2 atom stereocenters. The van der Waals surface area contributed by atoms with Crippen LogP contribution < -0.4 is 24.8 Å². The summed E-state index contributed by atoms with van der Waals surface area (Å²) < 4.78 is 4.53. The van der Waals surface area contributed by atoms with Crippen LogP contribution in [0.3, 0.4) is 0 Å². The summed E-state index contributed by atoms with van der Waals surface area (Å²) in [5, 5.41) is 5.70. The second-order valence-corrected chi connectivity index (χ2v) is 24.2. The topological polar surface area (TPSA) is 0 Å². The van der Waals surface area contributed by atoms with Crippen LogP contribution in [0.15, 0.2) is 83.9 Å². The van der Waals surface area contributed by atoms with Crippen LogP contribution in [0.25, 0.3) is 33.7 Å². The van der Waals surface area contributed by atoms with E-state index < -0.39 is 20.3 Å². The predicted octanol–water partition coefficient (Wildman–Crippen LogP) is 4.67. The molecule has 2 aliphatic carbocycles. The molecule has 0 N–H and O–H groups in total. The Balaban J connectivity index is 0.00000154. The molecular weight excluding hydrogens is 595 g/mol. The van der Waals surface area contributed by atoms with Gasteiger partial charge in [0.25, 0.3) is 0 Å². The summed E-state index contributed by atoms with van der Waals surface area (Å²) in [6.45, 7) is 9.65. The molecule has 0 aromatic heterocycles. The normalized spacial score (nSPS) is 19.5. The fourth-order valence-electron chi connectivity index (χ4n) is 7.93. The van der Waals surface area contributed by atoms with Gasteiger partial charge >= 0.3 is 228 Å². The third-order valence-electron chi connectivity index (χ3n) is 9.30. The number of fused-ring (bicyclic) bond motifs is 6. The minimum atomic E-state index is -2.66. The van der Waals surface area contributed by atoms with E-state index in [-0.39, 0.29) is 24.8 Å². The monoisotopic (exact) mass is 630 g/mol. The van der Waals surface area contributed by atoms with Crippen molar-refractivity contribution < 1.29 is 45.1 Å². The Kier molecular flexibility index (Phi) is 8.11. The summed E-state index contributed by atoms with van der Waals surface area (Å²) in [6.07, 6.45) is 7.79. The minimum Gasteiger partial charge on any atom is -1.00 e. The molecule has 1 aliphatic heterocycles. The van der Waals surface area contributed by atoms with Crippen LogP contribution in [0.1, 0.15) is 70.0 Å². The van der Waals surface area contributed by atoms with Gasteiger partial charge in [-0.25, -0.2) is 0 Å². The van der Waals surface area contributed by atoms with Gasteiger partial charge in [-0.15, -0.1) is 0 Å². The first kappa shape index (κ1) is 28.9. The van der Waals surface area contributed by atoms with E-state index in [1.807, 2.05) is 0 Å². The van der Waals surface area contributed by atoms with Gasteiger partial charge in [-0.3, -0.25) is 0 Å². The van der Waals surface area contributed by atoms with E-state index in [1.54, 1.807) is 33.4 Å². The summed E-state index contributed by atoms with van der Waals surface area (Å²) in [7, 11) is 0. The SMILES string of the molecule is CC(C)CC1=Cc2c(ccc3ccccc23)[CH]1[Zr+2]1([CH]2C(CC(C)C)=Cc3c2ccc2ccccc32)[CH2][CH2]1.[Cl-].[Cl-]. The molecule has 200 valence electrons. The van der Waals surface area contributed by atoms with E-state index in [0.29, 0.717) is 11.8 Å². The largest absolute Gasteiger partial charge is 1.00 e. The number of rotatable bonds is 6. The average molecular weight is 633 g/mol. The molecule has 3 heteroatoms.